The van der Waals surface area contributed by atoms with Crippen molar-refractivity contribution in [2.75, 3.05) is 13.4 Å². The number of ether oxygens (including phenoxy) is 2. The van der Waals surface area contributed by atoms with Crippen molar-refractivity contribution in [3.63, 3.8) is 0 Å². The number of hydrogen-bond acceptors (Lipinski definition) is 2. The molecule has 0 aromatic rings. The van der Waals surface area contributed by atoms with Crippen LogP contribution in [0.5, 0.6) is 0 Å². The zero-order chi connectivity index (χ0) is 8.67. The van der Waals surface area contributed by atoms with Crippen LogP contribution in [0.25, 0.3) is 0 Å². The van der Waals surface area contributed by atoms with Crippen molar-refractivity contribution >= 4 is 0 Å². The molecule has 2 heteroatoms. The highest BCUT2D eigenvalue weighted by Crippen LogP contribution is 2.41. The van der Waals surface area contributed by atoms with Crippen molar-refractivity contribution in [2.24, 2.45) is 11.8 Å². The zero-order valence-corrected chi connectivity index (χ0v) is 7.40. The number of fused-ring (bicyclic) bond motifs is 2. The highest BCUT2D eigenvalue weighted by Gasteiger charge is 2.35. The van der Waals surface area contributed by atoms with Crippen LogP contribution >= 0.6 is 0 Å². The van der Waals surface area contributed by atoms with Gasteiger partial charge in [0, 0.05) is 11.8 Å². The molecule has 3 aliphatic rings. The third-order valence-electron chi connectivity index (χ3n) is 2.94. The number of allylic oxidation sites excluding steroid dienone is 5. The van der Waals surface area contributed by atoms with E-state index in [9.17, 15) is 0 Å². The highest BCUT2D eigenvalue weighted by atomic mass is 16.7. The first kappa shape index (κ1) is 7.39. The topological polar surface area (TPSA) is 18.5 Å². The molecule has 2 unspecified atom stereocenters. The van der Waals surface area contributed by atoms with Crippen LogP contribution < -0.4 is 0 Å². The van der Waals surface area contributed by atoms with Gasteiger partial charge in [-0.2, -0.15) is 0 Å². The van der Waals surface area contributed by atoms with Crippen molar-refractivity contribution < 1.29 is 9.47 Å². The van der Waals surface area contributed by atoms with Crippen LogP contribution in [-0.4, -0.2) is 13.4 Å². The molecule has 0 amide bonds. The van der Waals surface area contributed by atoms with E-state index in [1.165, 1.54) is 11.3 Å². The van der Waals surface area contributed by atoms with E-state index in [1.807, 2.05) is 0 Å². The summed E-state index contributed by atoms with van der Waals surface area (Å²) in [4.78, 5) is 0. The van der Waals surface area contributed by atoms with Crippen LogP contribution in [-0.2, 0) is 9.47 Å². The molecule has 1 saturated heterocycles. The lowest BCUT2D eigenvalue weighted by atomic mass is 9.96. The van der Waals surface area contributed by atoms with E-state index in [2.05, 4.69) is 24.3 Å². The van der Waals surface area contributed by atoms with Crippen molar-refractivity contribution in [1.29, 1.82) is 0 Å². The standard InChI is InChI=1S/C11H12O2/c1-2-4-10-8(3-1)5-9-6-12-7-13-11(9)10/h1-4,8-9H,5-7H2. The summed E-state index contributed by atoms with van der Waals surface area (Å²) in [6.45, 7) is 1.26. The molecule has 68 valence electrons. The minimum absolute atomic E-state index is 0.430. The van der Waals surface area contributed by atoms with E-state index >= 15 is 0 Å². The molecule has 2 nitrogen and oxygen atoms in total. The van der Waals surface area contributed by atoms with Gasteiger partial charge in [0.15, 0.2) is 6.79 Å². The van der Waals surface area contributed by atoms with Gasteiger partial charge >= 0.3 is 0 Å². The zero-order valence-electron chi connectivity index (χ0n) is 7.40. The normalized spacial score (nSPS) is 35.7. The maximum atomic E-state index is 5.54. The minimum atomic E-state index is 0.430. The summed E-state index contributed by atoms with van der Waals surface area (Å²) in [5.74, 6) is 2.25. The van der Waals surface area contributed by atoms with E-state index in [4.69, 9.17) is 9.47 Å². The molecule has 0 N–H and O–H groups in total. The van der Waals surface area contributed by atoms with Crippen LogP contribution in [0.15, 0.2) is 35.6 Å². The molecule has 2 atom stereocenters. The molecule has 0 aromatic carbocycles. The third kappa shape index (κ3) is 1.05. The first-order chi connectivity index (χ1) is 6.45. The second-order valence-corrected chi connectivity index (χ2v) is 3.74. The Morgan fingerprint density at radius 3 is 3.31 bits per heavy atom. The van der Waals surface area contributed by atoms with E-state index in [-0.39, 0.29) is 0 Å². The summed E-state index contributed by atoms with van der Waals surface area (Å²) in [7, 11) is 0. The lowest BCUT2D eigenvalue weighted by Gasteiger charge is -2.22. The summed E-state index contributed by atoms with van der Waals surface area (Å²) >= 11 is 0. The van der Waals surface area contributed by atoms with Gasteiger partial charge in [0.05, 0.1) is 6.61 Å². The van der Waals surface area contributed by atoms with Gasteiger partial charge in [-0.25, -0.2) is 0 Å². The lowest BCUT2D eigenvalue weighted by molar-refractivity contribution is -0.0835. The largest absolute Gasteiger partial charge is 0.471 e. The fraction of sp³-hybridized carbons (Fsp3) is 0.455. The molecule has 0 aromatic heterocycles. The maximum Gasteiger partial charge on any atom is 0.188 e. The molecule has 0 radical (unpaired) electrons. The monoisotopic (exact) mass is 176 g/mol. The summed E-state index contributed by atoms with van der Waals surface area (Å²) in [6.07, 6.45) is 9.79. The van der Waals surface area contributed by atoms with Gasteiger partial charge in [-0.15, -0.1) is 0 Å². The fourth-order valence-corrected chi connectivity index (χ4v) is 2.34. The van der Waals surface area contributed by atoms with Gasteiger partial charge in [-0.3, -0.25) is 0 Å². The summed E-state index contributed by atoms with van der Waals surface area (Å²) in [5, 5.41) is 0. The van der Waals surface area contributed by atoms with E-state index in [0.29, 0.717) is 18.6 Å². The Morgan fingerprint density at radius 1 is 1.31 bits per heavy atom. The van der Waals surface area contributed by atoms with Gasteiger partial charge in [-0.05, 0) is 12.0 Å². The third-order valence-corrected chi connectivity index (χ3v) is 2.94. The van der Waals surface area contributed by atoms with Crippen molar-refractivity contribution in [2.45, 2.75) is 6.42 Å². The van der Waals surface area contributed by atoms with Crippen molar-refractivity contribution in [1.82, 2.24) is 0 Å². The first-order valence-corrected chi connectivity index (χ1v) is 4.74. The Balaban J connectivity index is 2.00. The molecule has 3 rings (SSSR count). The minimum Gasteiger partial charge on any atom is -0.471 e. The number of hydrogen-bond donors (Lipinski definition) is 0. The molecule has 2 aliphatic carbocycles. The second-order valence-electron chi connectivity index (χ2n) is 3.74. The summed E-state index contributed by atoms with van der Waals surface area (Å²) in [6, 6.07) is 0. The average Bonchev–Trinajstić information content (AvgIpc) is 2.56. The molecule has 13 heavy (non-hydrogen) atoms. The number of rotatable bonds is 0. The second kappa shape index (κ2) is 2.74. The molecule has 1 fully saturated rings. The first-order valence-electron chi connectivity index (χ1n) is 4.74. The van der Waals surface area contributed by atoms with E-state index in [1.54, 1.807) is 0 Å². The Labute approximate surface area is 77.5 Å². The van der Waals surface area contributed by atoms with E-state index in [0.717, 1.165) is 13.0 Å². The molecule has 0 bridgehead atoms. The van der Waals surface area contributed by atoms with Crippen molar-refractivity contribution in [3.05, 3.63) is 35.6 Å². The Bertz CT molecular complexity index is 312. The quantitative estimate of drug-likeness (QED) is 0.562. The predicted molar refractivity (Wildman–Crippen MR) is 48.8 cm³/mol. The summed E-state index contributed by atoms with van der Waals surface area (Å²) < 4.78 is 10.8. The smallest absolute Gasteiger partial charge is 0.188 e. The van der Waals surface area contributed by atoms with Gasteiger partial charge in [-0.1, -0.05) is 24.3 Å². The molecular formula is C11H12O2. The average molecular weight is 176 g/mol. The molecule has 1 aliphatic heterocycles. The Morgan fingerprint density at radius 2 is 2.31 bits per heavy atom. The SMILES string of the molecule is C1=CC2=C3OCOCC3CC2C=C1. The van der Waals surface area contributed by atoms with Gasteiger partial charge in [0.1, 0.15) is 5.76 Å². The Kier molecular flexibility index (Phi) is 1.56. The van der Waals surface area contributed by atoms with Crippen LogP contribution in [0.1, 0.15) is 6.42 Å². The van der Waals surface area contributed by atoms with Gasteiger partial charge in [0.25, 0.3) is 0 Å². The van der Waals surface area contributed by atoms with Crippen LogP contribution in [0, 0.1) is 11.8 Å². The van der Waals surface area contributed by atoms with Gasteiger partial charge < -0.3 is 9.47 Å². The fourth-order valence-electron chi connectivity index (χ4n) is 2.34. The lowest BCUT2D eigenvalue weighted by Crippen LogP contribution is -2.19. The molecule has 0 saturated carbocycles. The highest BCUT2D eigenvalue weighted by molar-refractivity contribution is 5.39. The predicted octanol–water partition coefficient (Wildman–Crippen LogP) is 2.01. The molecule has 0 spiro atoms. The van der Waals surface area contributed by atoms with Crippen LogP contribution in [0.2, 0.25) is 0 Å². The van der Waals surface area contributed by atoms with E-state index < -0.39 is 0 Å². The molecular weight excluding hydrogens is 164 g/mol. The molecule has 1 heterocycles. The van der Waals surface area contributed by atoms with Crippen molar-refractivity contribution in [3.8, 4) is 0 Å². The van der Waals surface area contributed by atoms with Crippen LogP contribution in [0.4, 0.5) is 0 Å². The van der Waals surface area contributed by atoms with Crippen LogP contribution in [0.3, 0.4) is 0 Å². The Hall–Kier alpha value is -1.02. The summed E-state index contributed by atoms with van der Waals surface area (Å²) in [5.41, 5.74) is 1.37. The maximum absolute atomic E-state index is 5.54. The van der Waals surface area contributed by atoms with Gasteiger partial charge in [0.2, 0.25) is 0 Å².